The normalized spacial score (nSPS) is 11.1. The molecule has 29 heavy (non-hydrogen) atoms. The molecule has 0 aliphatic carbocycles. The van der Waals surface area contributed by atoms with Crippen molar-refractivity contribution in [2.45, 2.75) is 26.4 Å². The van der Waals surface area contributed by atoms with Gasteiger partial charge in [-0.2, -0.15) is 0 Å². The molecule has 148 valence electrons. The van der Waals surface area contributed by atoms with Gasteiger partial charge in [-0.3, -0.25) is 18.7 Å². The average molecular weight is 426 g/mol. The lowest BCUT2D eigenvalue weighted by Crippen LogP contribution is -2.41. The smallest absolute Gasteiger partial charge is 0.324 e. The largest absolute Gasteiger partial charge is 0.332 e. The van der Waals surface area contributed by atoms with Crippen LogP contribution < -0.4 is 16.6 Å². The van der Waals surface area contributed by atoms with Gasteiger partial charge in [0.25, 0.3) is 5.56 Å². The highest BCUT2D eigenvalue weighted by Crippen LogP contribution is 2.17. The third-order valence-corrected chi connectivity index (χ3v) is 6.55. The number of nitrogens with one attached hydrogen (secondary N) is 1. The highest BCUT2D eigenvalue weighted by atomic mass is 32.1. The fourth-order valence-electron chi connectivity index (χ4n) is 3.21. The summed E-state index contributed by atoms with van der Waals surface area (Å²) in [6.45, 7) is 2.04. The zero-order chi connectivity index (χ0) is 20.4. The number of carbonyl (C=O) groups is 1. The van der Waals surface area contributed by atoms with E-state index in [0.717, 1.165) is 10.4 Å². The van der Waals surface area contributed by atoms with Gasteiger partial charge in [0.05, 0.1) is 5.52 Å². The maximum Gasteiger partial charge on any atom is 0.332 e. The van der Waals surface area contributed by atoms with Crippen LogP contribution in [0.4, 0.5) is 5.69 Å². The minimum absolute atomic E-state index is 0.153. The Hall–Kier alpha value is -2.97. The molecule has 8 heteroatoms. The van der Waals surface area contributed by atoms with Gasteiger partial charge in [0, 0.05) is 17.1 Å². The number of rotatable bonds is 6. The van der Waals surface area contributed by atoms with E-state index in [9.17, 15) is 14.4 Å². The molecule has 0 atom stereocenters. The molecule has 3 heterocycles. The summed E-state index contributed by atoms with van der Waals surface area (Å²) in [6, 6.07) is 13.1. The molecule has 1 amide bonds. The fraction of sp³-hybridized carbons (Fsp3) is 0.190. The van der Waals surface area contributed by atoms with Crippen LogP contribution in [0.5, 0.6) is 0 Å². The number of amides is 1. The number of thiophene rings is 2. The van der Waals surface area contributed by atoms with Crippen LogP contribution in [0.25, 0.3) is 10.2 Å². The SMILES string of the molecule is Cc1ccccc1NC(=O)Cn1c(=O)n(CCc2cccs2)c(=O)c2sccc21. The Morgan fingerprint density at radius 1 is 1.00 bits per heavy atom. The van der Waals surface area contributed by atoms with Gasteiger partial charge in [-0.25, -0.2) is 4.79 Å². The number of aryl methyl sites for hydroxylation is 2. The van der Waals surface area contributed by atoms with Crippen molar-refractivity contribution in [3.63, 3.8) is 0 Å². The van der Waals surface area contributed by atoms with E-state index >= 15 is 0 Å². The number of para-hydroxylation sites is 1. The predicted octanol–water partition coefficient (Wildman–Crippen LogP) is 3.48. The zero-order valence-corrected chi connectivity index (χ0v) is 17.4. The van der Waals surface area contributed by atoms with Crippen LogP contribution in [0.2, 0.25) is 0 Å². The van der Waals surface area contributed by atoms with Crippen LogP contribution in [0.3, 0.4) is 0 Å². The maximum atomic E-state index is 13.1. The molecule has 6 nitrogen and oxygen atoms in total. The molecule has 0 unspecified atom stereocenters. The topological polar surface area (TPSA) is 73.1 Å². The van der Waals surface area contributed by atoms with E-state index in [1.165, 1.54) is 20.5 Å². The molecule has 3 aromatic heterocycles. The summed E-state index contributed by atoms with van der Waals surface area (Å²) in [6.07, 6.45) is 0.596. The van der Waals surface area contributed by atoms with Crippen molar-refractivity contribution in [1.29, 1.82) is 0 Å². The standard InChI is InChI=1S/C21H19N3O3S2/c1-14-5-2-3-7-16(14)22-18(25)13-24-17-9-12-29-19(17)20(26)23(21(24)27)10-8-15-6-4-11-28-15/h2-7,9,11-12H,8,10,13H2,1H3,(H,22,25). The van der Waals surface area contributed by atoms with Crippen LogP contribution in [0, 0.1) is 6.92 Å². The fourth-order valence-corrected chi connectivity index (χ4v) is 4.75. The van der Waals surface area contributed by atoms with Gasteiger partial charge in [0.1, 0.15) is 11.2 Å². The lowest BCUT2D eigenvalue weighted by atomic mass is 10.2. The lowest BCUT2D eigenvalue weighted by molar-refractivity contribution is -0.116. The van der Waals surface area contributed by atoms with Crippen LogP contribution >= 0.6 is 22.7 Å². The van der Waals surface area contributed by atoms with Gasteiger partial charge in [-0.1, -0.05) is 24.3 Å². The Morgan fingerprint density at radius 3 is 2.59 bits per heavy atom. The number of carbonyl (C=O) groups excluding carboxylic acids is 1. The first-order valence-corrected chi connectivity index (χ1v) is 10.9. The van der Waals surface area contributed by atoms with Gasteiger partial charge >= 0.3 is 5.69 Å². The summed E-state index contributed by atoms with van der Waals surface area (Å²) < 4.78 is 3.11. The summed E-state index contributed by atoms with van der Waals surface area (Å²) in [7, 11) is 0. The molecule has 0 radical (unpaired) electrons. The Bertz CT molecular complexity index is 1280. The van der Waals surface area contributed by atoms with Crippen molar-refractivity contribution in [1.82, 2.24) is 9.13 Å². The molecule has 4 aromatic rings. The van der Waals surface area contributed by atoms with Crippen molar-refractivity contribution in [2.24, 2.45) is 0 Å². The Labute approximate surface area is 174 Å². The number of anilines is 1. The van der Waals surface area contributed by atoms with Crippen molar-refractivity contribution in [3.8, 4) is 0 Å². The first-order chi connectivity index (χ1) is 14.0. The lowest BCUT2D eigenvalue weighted by Gasteiger charge is -2.13. The number of benzene rings is 1. The van der Waals surface area contributed by atoms with Gasteiger partial charge in [0.2, 0.25) is 5.91 Å². The van der Waals surface area contributed by atoms with Crippen molar-refractivity contribution < 1.29 is 4.79 Å². The second-order valence-corrected chi connectivity index (χ2v) is 8.60. The molecular weight excluding hydrogens is 406 g/mol. The van der Waals surface area contributed by atoms with Gasteiger partial charge in [-0.05, 0) is 47.9 Å². The average Bonchev–Trinajstić information content (AvgIpc) is 3.39. The molecular formula is C21H19N3O3S2. The van der Waals surface area contributed by atoms with Crippen LogP contribution in [-0.4, -0.2) is 15.0 Å². The molecule has 0 saturated heterocycles. The summed E-state index contributed by atoms with van der Waals surface area (Å²) in [4.78, 5) is 39.6. The zero-order valence-electron chi connectivity index (χ0n) is 15.8. The quantitative estimate of drug-likeness (QED) is 0.514. The molecule has 0 spiro atoms. The molecule has 0 bridgehead atoms. The second kappa shape index (κ2) is 8.18. The summed E-state index contributed by atoms with van der Waals surface area (Å²) in [5.41, 5.74) is 1.38. The number of nitrogens with zero attached hydrogens (tertiary/aromatic N) is 2. The van der Waals surface area contributed by atoms with Crippen molar-refractivity contribution in [2.75, 3.05) is 5.32 Å². The third kappa shape index (κ3) is 3.94. The van der Waals surface area contributed by atoms with E-state index in [1.54, 1.807) is 22.8 Å². The summed E-state index contributed by atoms with van der Waals surface area (Å²) in [5, 5.41) is 6.59. The second-order valence-electron chi connectivity index (χ2n) is 6.65. The number of fused-ring (bicyclic) bond motifs is 1. The molecule has 0 saturated carbocycles. The predicted molar refractivity (Wildman–Crippen MR) is 118 cm³/mol. The highest BCUT2D eigenvalue weighted by molar-refractivity contribution is 7.17. The number of aromatic nitrogens is 2. The van der Waals surface area contributed by atoms with Gasteiger partial charge in [-0.15, -0.1) is 22.7 Å². The Kier molecular flexibility index (Phi) is 5.46. The van der Waals surface area contributed by atoms with Crippen molar-refractivity contribution >= 4 is 44.5 Å². The van der Waals surface area contributed by atoms with Gasteiger partial charge in [0.15, 0.2) is 0 Å². The van der Waals surface area contributed by atoms with Crippen LogP contribution in [0.15, 0.2) is 62.8 Å². The summed E-state index contributed by atoms with van der Waals surface area (Å²) in [5.74, 6) is -0.308. The minimum Gasteiger partial charge on any atom is -0.324 e. The van der Waals surface area contributed by atoms with Crippen LogP contribution in [0.1, 0.15) is 10.4 Å². The molecule has 0 aliphatic heterocycles. The van der Waals surface area contributed by atoms with E-state index in [0.29, 0.717) is 22.3 Å². The molecule has 0 fully saturated rings. The first-order valence-electron chi connectivity index (χ1n) is 9.13. The minimum atomic E-state index is -0.461. The van der Waals surface area contributed by atoms with Crippen LogP contribution in [-0.2, 0) is 24.3 Å². The molecule has 0 aliphatic rings. The van der Waals surface area contributed by atoms with Crippen molar-refractivity contribution in [3.05, 3.63) is 84.5 Å². The summed E-state index contributed by atoms with van der Waals surface area (Å²) >= 11 is 2.88. The number of hydrogen-bond donors (Lipinski definition) is 1. The molecule has 4 rings (SSSR count). The first kappa shape index (κ1) is 19.4. The van der Waals surface area contributed by atoms with E-state index < -0.39 is 5.69 Å². The number of hydrogen-bond acceptors (Lipinski definition) is 5. The van der Waals surface area contributed by atoms with E-state index in [-0.39, 0.29) is 24.6 Å². The molecule has 1 aromatic carbocycles. The molecule has 1 N–H and O–H groups in total. The van der Waals surface area contributed by atoms with E-state index in [1.807, 2.05) is 48.7 Å². The Morgan fingerprint density at radius 2 is 1.83 bits per heavy atom. The van der Waals surface area contributed by atoms with E-state index in [2.05, 4.69) is 5.32 Å². The van der Waals surface area contributed by atoms with Gasteiger partial charge < -0.3 is 5.32 Å². The Balaban J connectivity index is 1.67. The monoisotopic (exact) mass is 425 g/mol. The van der Waals surface area contributed by atoms with E-state index in [4.69, 9.17) is 0 Å². The highest BCUT2D eigenvalue weighted by Gasteiger charge is 2.17. The third-order valence-electron chi connectivity index (χ3n) is 4.72. The maximum absolute atomic E-state index is 13.1.